The molecule has 0 saturated heterocycles. The van der Waals surface area contributed by atoms with Crippen LogP contribution in [0.25, 0.3) is 11.1 Å². The van der Waals surface area contributed by atoms with Crippen molar-refractivity contribution in [1.29, 1.82) is 0 Å². The Morgan fingerprint density at radius 2 is 1.72 bits per heavy atom. The van der Waals surface area contributed by atoms with Gasteiger partial charge in [-0.05, 0) is 36.2 Å². The van der Waals surface area contributed by atoms with Gasteiger partial charge in [0.15, 0.2) is 6.61 Å². The zero-order chi connectivity index (χ0) is 17.6. The lowest BCUT2D eigenvalue weighted by molar-refractivity contribution is -0.118. The maximum atomic E-state index is 12.3. The summed E-state index contributed by atoms with van der Waals surface area (Å²) in [6.07, 6.45) is 0. The fourth-order valence-electron chi connectivity index (χ4n) is 2.51. The molecule has 25 heavy (non-hydrogen) atoms. The van der Waals surface area contributed by atoms with E-state index in [2.05, 4.69) is 5.32 Å². The monoisotopic (exact) mass is 351 g/mol. The van der Waals surface area contributed by atoms with E-state index < -0.39 is 0 Å². The van der Waals surface area contributed by atoms with Crippen LogP contribution in [0.4, 0.5) is 5.69 Å². The average Bonchev–Trinajstić information content (AvgIpc) is 2.64. The maximum absolute atomic E-state index is 12.3. The molecule has 0 aliphatic heterocycles. The molecule has 3 aromatic carbocycles. The van der Waals surface area contributed by atoms with Gasteiger partial charge in [-0.2, -0.15) is 0 Å². The Morgan fingerprint density at radius 1 is 1.00 bits per heavy atom. The van der Waals surface area contributed by atoms with Gasteiger partial charge in [0, 0.05) is 11.3 Å². The highest BCUT2D eigenvalue weighted by Gasteiger charge is 2.10. The lowest BCUT2D eigenvalue weighted by atomic mass is 10.0. The van der Waals surface area contributed by atoms with Gasteiger partial charge in [0.25, 0.3) is 5.91 Å². The van der Waals surface area contributed by atoms with E-state index in [0.717, 1.165) is 22.4 Å². The number of aryl methyl sites for hydroxylation is 1. The Morgan fingerprint density at radius 3 is 2.52 bits per heavy atom. The van der Waals surface area contributed by atoms with Crippen molar-refractivity contribution < 1.29 is 9.53 Å². The van der Waals surface area contributed by atoms with E-state index in [9.17, 15) is 4.79 Å². The van der Waals surface area contributed by atoms with E-state index >= 15 is 0 Å². The number of ether oxygens (including phenoxy) is 1. The summed E-state index contributed by atoms with van der Waals surface area (Å²) in [5.41, 5.74) is 3.78. The molecule has 0 saturated carbocycles. The second kappa shape index (κ2) is 7.86. The standard InChI is InChI=1S/C21H18ClNO2/c1-15-11-12-18(22)20(13-15)25-14-21(24)23-19-10-6-5-9-17(19)16-7-3-2-4-8-16/h2-13H,14H2,1H3,(H,23,24). The number of hydrogen-bond donors (Lipinski definition) is 1. The second-order valence-electron chi connectivity index (χ2n) is 5.68. The first kappa shape index (κ1) is 17.1. The fraction of sp³-hybridized carbons (Fsp3) is 0.0952. The maximum Gasteiger partial charge on any atom is 0.262 e. The summed E-state index contributed by atoms with van der Waals surface area (Å²) in [6.45, 7) is 1.84. The van der Waals surface area contributed by atoms with Crippen LogP contribution < -0.4 is 10.1 Å². The summed E-state index contributed by atoms with van der Waals surface area (Å²) in [5, 5.41) is 3.40. The first-order valence-corrected chi connectivity index (χ1v) is 8.34. The Kier molecular flexibility index (Phi) is 5.36. The lowest BCUT2D eigenvalue weighted by Crippen LogP contribution is -2.20. The molecule has 0 unspecified atom stereocenters. The molecule has 0 aromatic heterocycles. The molecular formula is C21H18ClNO2. The van der Waals surface area contributed by atoms with Crippen molar-refractivity contribution in [1.82, 2.24) is 0 Å². The Bertz CT molecular complexity index is 878. The van der Waals surface area contributed by atoms with Crippen molar-refractivity contribution in [2.24, 2.45) is 0 Å². The van der Waals surface area contributed by atoms with Crippen LogP contribution in [-0.4, -0.2) is 12.5 Å². The molecule has 0 atom stereocenters. The number of carbonyl (C=O) groups is 1. The molecule has 0 spiro atoms. The van der Waals surface area contributed by atoms with Crippen LogP contribution in [-0.2, 0) is 4.79 Å². The van der Waals surface area contributed by atoms with Crippen molar-refractivity contribution >= 4 is 23.2 Å². The molecule has 0 heterocycles. The second-order valence-corrected chi connectivity index (χ2v) is 6.09. The van der Waals surface area contributed by atoms with Gasteiger partial charge in [0.05, 0.1) is 5.02 Å². The Labute approximate surface area is 152 Å². The van der Waals surface area contributed by atoms with Crippen molar-refractivity contribution in [3.05, 3.63) is 83.4 Å². The molecule has 1 amide bonds. The number of amides is 1. The molecular weight excluding hydrogens is 334 g/mol. The topological polar surface area (TPSA) is 38.3 Å². The molecule has 0 fully saturated rings. The van der Waals surface area contributed by atoms with Gasteiger partial charge in [0.2, 0.25) is 0 Å². The van der Waals surface area contributed by atoms with Crippen molar-refractivity contribution in [2.75, 3.05) is 11.9 Å². The molecule has 0 aliphatic carbocycles. The van der Waals surface area contributed by atoms with E-state index in [1.165, 1.54) is 0 Å². The number of anilines is 1. The first-order chi connectivity index (χ1) is 12.1. The van der Waals surface area contributed by atoms with Crippen LogP contribution in [0, 0.1) is 6.92 Å². The van der Waals surface area contributed by atoms with E-state index in [4.69, 9.17) is 16.3 Å². The van der Waals surface area contributed by atoms with Gasteiger partial charge in [-0.3, -0.25) is 4.79 Å². The third kappa shape index (κ3) is 4.40. The summed E-state index contributed by atoms with van der Waals surface area (Å²) < 4.78 is 5.55. The summed E-state index contributed by atoms with van der Waals surface area (Å²) >= 11 is 6.09. The predicted octanol–water partition coefficient (Wildman–Crippen LogP) is 5.33. The van der Waals surface area contributed by atoms with E-state index in [1.807, 2.05) is 73.7 Å². The molecule has 3 aromatic rings. The lowest BCUT2D eigenvalue weighted by Gasteiger charge is -2.12. The number of para-hydroxylation sites is 1. The minimum absolute atomic E-state index is 0.105. The van der Waals surface area contributed by atoms with E-state index in [-0.39, 0.29) is 12.5 Å². The molecule has 126 valence electrons. The van der Waals surface area contributed by atoms with Gasteiger partial charge in [-0.1, -0.05) is 66.2 Å². The predicted molar refractivity (Wildman–Crippen MR) is 102 cm³/mol. The van der Waals surface area contributed by atoms with Gasteiger partial charge in [0.1, 0.15) is 5.75 Å². The van der Waals surface area contributed by atoms with Crippen LogP contribution >= 0.6 is 11.6 Å². The highest BCUT2D eigenvalue weighted by atomic mass is 35.5. The van der Waals surface area contributed by atoms with Crippen LogP contribution in [0.15, 0.2) is 72.8 Å². The van der Waals surface area contributed by atoms with Crippen molar-refractivity contribution in [2.45, 2.75) is 6.92 Å². The number of rotatable bonds is 5. The Balaban J connectivity index is 1.71. The quantitative estimate of drug-likeness (QED) is 0.674. The zero-order valence-corrected chi connectivity index (χ0v) is 14.6. The third-order valence-corrected chi connectivity index (χ3v) is 4.04. The number of hydrogen-bond acceptors (Lipinski definition) is 2. The van der Waals surface area contributed by atoms with Gasteiger partial charge >= 0.3 is 0 Å². The van der Waals surface area contributed by atoms with Crippen LogP contribution in [0.1, 0.15) is 5.56 Å². The number of carbonyl (C=O) groups excluding carboxylic acids is 1. The molecule has 0 radical (unpaired) electrons. The Hall–Kier alpha value is -2.78. The minimum Gasteiger partial charge on any atom is -0.482 e. The molecule has 1 N–H and O–H groups in total. The first-order valence-electron chi connectivity index (χ1n) is 7.97. The highest BCUT2D eigenvalue weighted by Crippen LogP contribution is 2.28. The van der Waals surface area contributed by atoms with Gasteiger partial charge in [-0.25, -0.2) is 0 Å². The fourth-order valence-corrected chi connectivity index (χ4v) is 2.68. The molecule has 0 aliphatic rings. The average molecular weight is 352 g/mol. The summed E-state index contributed by atoms with van der Waals surface area (Å²) in [4.78, 5) is 12.3. The SMILES string of the molecule is Cc1ccc(Cl)c(OCC(=O)Nc2ccccc2-c2ccccc2)c1. The third-order valence-electron chi connectivity index (χ3n) is 3.73. The normalized spacial score (nSPS) is 10.3. The largest absolute Gasteiger partial charge is 0.482 e. The highest BCUT2D eigenvalue weighted by molar-refractivity contribution is 6.32. The van der Waals surface area contributed by atoms with E-state index in [0.29, 0.717) is 10.8 Å². The van der Waals surface area contributed by atoms with Crippen LogP contribution in [0.5, 0.6) is 5.75 Å². The van der Waals surface area contributed by atoms with Crippen LogP contribution in [0.2, 0.25) is 5.02 Å². The number of benzene rings is 3. The minimum atomic E-state index is -0.235. The smallest absolute Gasteiger partial charge is 0.262 e. The van der Waals surface area contributed by atoms with Gasteiger partial charge < -0.3 is 10.1 Å². The zero-order valence-electron chi connectivity index (χ0n) is 13.8. The van der Waals surface area contributed by atoms with Crippen LogP contribution in [0.3, 0.4) is 0 Å². The molecule has 3 rings (SSSR count). The molecule has 4 heteroatoms. The number of halogens is 1. The van der Waals surface area contributed by atoms with Crippen molar-refractivity contribution in [3.63, 3.8) is 0 Å². The van der Waals surface area contributed by atoms with E-state index in [1.54, 1.807) is 6.07 Å². The summed E-state index contributed by atoms with van der Waals surface area (Å²) in [7, 11) is 0. The summed E-state index contributed by atoms with van der Waals surface area (Å²) in [6, 6.07) is 23.1. The molecule has 3 nitrogen and oxygen atoms in total. The van der Waals surface area contributed by atoms with Gasteiger partial charge in [-0.15, -0.1) is 0 Å². The van der Waals surface area contributed by atoms with Crippen molar-refractivity contribution in [3.8, 4) is 16.9 Å². The summed E-state index contributed by atoms with van der Waals surface area (Å²) in [5.74, 6) is 0.272. The molecule has 0 bridgehead atoms. The number of nitrogens with one attached hydrogen (secondary N) is 1.